The molecule has 2 amide bonds. The van der Waals surface area contributed by atoms with Gasteiger partial charge in [0.25, 0.3) is 11.1 Å². The lowest BCUT2D eigenvalue weighted by atomic mass is 10.1. The minimum Gasteiger partial charge on any atom is -0.377 e. The average Bonchev–Trinajstić information content (AvgIpc) is 3.54. The number of nitrogens with zero attached hydrogens (tertiary/aromatic N) is 6. The highest BCUT2D eigenvalue weighted by atomic mass is 32.2. The van der Waals surface area contributed by atoms with Gasteiger partial charge < -0.3 is 38.2 Å². The quantitative estimate of drug-likeness (QED) is 0.0175. The molecule has 0 N–H and O–H groups in total. The molecule has 8 aromatic rings. The van der Waals surface area contributed by atoms with E-state index in [0.29, 0.717) is 138 Å². The van der Waals surface area contributed by atoms with Crippen LogP contribution in [0.25, 0.3) is 43.4 Å². The Morgan fingerprint density at radius 1 is 0.449 bits per heavy atom. The van der Waals surface area contributed by atoms with Gasteiger partial charge in [-0.3, -0.25) is 28.3 Å². The Kier molecular flexibility index (Phi) is 21.8. The van der Waals surface area contributed by atoms with E-state index in [1.165, 1.54) is 23.5 Å². The fourth-order valence-corrected chi connectivity index (χ4v) is 11.3. The molecule has 0 saturated carbocycles. The van der Waals surface area contributed by atoms with E-state index in [2.05, 4.69) is 0 Å². The third kappa shape index (κ3) is 15.2. The molecule has 0 aliphatic heterocycles. The van der Waals surface area contributed by atoms with Crippen molar-refractivity contribution >= 4 is 78.7 Å². The van der Waals surface area contributed by atoms with Crippen LogP contribution in [0.5, 0.6) is 0 Å². The van der Waals surface area contributed by atoms with Crippen LogP contribution in [0.2, 0.25) is 0 Å². The molecule has 78 heavy (non-hydrogen) atoms. The van der Waals surface area contributed by atoms with Crippen LogP contribution >= 0.6 is 23.5 Å². The lowest BCUT2D eigenvalue weighted by Crippen LogP contribution is -2.34. The van der Waals surface area contributed by atoms with E-state index in [0.717, 1.165) is 32.7 Å². The molecule has 8 rings (SSSR count). The summed E-state index contributed by atoms with van der Waals surface area (Å²) < 4.78 is 37.5. The molecule has 16 nitrogen and oxygen atoms in total. The number of likely N-dealkylation sites (N-methyl/N-ethyl adjacent to an activating group) is 2. The normalized spacial score (nSPS) is 12.4. The number of benzene rings is 6. The Bertz CT molecular complexity index is 3140. The van der Waals surface area contributed by atoms with E-state index in [-0.39, 0.29) is 22.9 Å². The smallest absolute Gasteiger partial charge is 0.262 e. The number of fused-ring (bicyclic) bond motifs is 4. The highest BCUT2D eigenvalue weighted by Crippen LogP contribution is 2.38. The highest BCUT2D eigenvalue weighted by Gasteiger charge is 2.29. The number of thioether (sulfide) groups is 2. The van der Waals surface area contributed by atoms with Gasteiger partial charge >= 0.3 is 0 Å². The van der Waals surface area contributed by atoms with Gasteiger partial charge in [-0.2, -0.15) is 0 Å². The zero-order valence-corrected chi connectivity index (χ0v) is 46.4. The van der Waals surface area contributed by atoms with Crippen molar-refractivity contribution in [3.8, 4) is 0 Å². The van der Waals surface area contributed by atoms with Gasteiger partial charge in [0.15, 0.2) is 10.3 Å². The van der Waals surface area contributed by atoms with E-state index in [1.54, 1.807) is 33.0 Å². The second-order valence-electron chi connectivity index (χ2n) is 18.3. The van der Waals surface area contributed by atoms with Crippen molar-refractivity contribution in [2.45, 2.75) is 47.7 Å². The molecule has 0 bridgehead atoms. The first-order valence-corrected chi connectivity index (χ1v) is 28.2. The van der Waals surface area contributed by atoms with Crippen molar-refractivity contribution in [1.82, 2.24) is 28.9 Å². The van der Waals surface area contributed by atoms with Gasteiger partial charge in [0.05, 0.1) is 101 Å². The van der Waals surface area contributed by atoms with E-state index in [4.69, 9.17) is 38.4 Å². The van der Waals surface area contributed by atoms with Crippen LogP contribution in [0.3, 0.4) is 0 Å². The predicted octanol–water partition coefficient (Wildman–Crippen LogP) is 8.84. The van der Waals surface area contributed by atoms with Crippen LogP contribution < -0.4 is 11.1 Å². The molecule has 0 saturated heterocycles. The Balaban J connectivity index is 0.659. The fraction of sp³-hybridized carbons (Fsp3) is 0.367. The number of rotatable bonds is 31. The van der Waals surface area contributed by atoms with Crippen LogP contribution in [0, 0.1) is 0 Å². The topological polar surface area (TPSA) is 166 Å². The molecular weight excluding hydrogens is 1030 g/mol. The zero-order chi connectivity index (χ0) is 54.6. The molecule has 0 aliphatic rings. The zero-order valence-electron chi connectivity index (χ0n) is 44.8. The SMILES string of the molecule is CCn1c(SC(C(=O)N(C)CCOCCOCCOCCOCCOCCOCCN(C)C(=O)C(Sc2nc3cc4ccccc4cc3c(=O)n2CC)c2ccccc2)c2ccccc2)nc2cc3ccccc3cc2c1=O. The summed E-state index contributed by atoms with van der Waals surface area (Å²) in [5.74, 6) is -0.233. The van der Waals surface area contributed by atoms with Crippen LogP contribution in [0.1, 0.15) is 35.5 Å². The Morgan fingerprint density at radius 3 is 1.06 bits per heavy atom. The summed E-state index contributed by atoms with van der Waals surface area (Å²) in [5.41, 5.74) is 2.58. The molecule has 410 valence electrons. The second-order valence-corrected chi connectivity index (χ2v) is 20.5. The molecule has 18 heteroatoms. The largest absolute Gasteiger partial charge is 0.377 e. The van der Waals surface area contributed by atoms with Crippen molar-refractivity contribution in [2.24, 2.45) is 0 Å². The molecule has 6 aromatic carbocycles. The third-order valence-electron chi connectivity index (χ3n) is 13.1. The van der Waals surface area contributed by atoms with Crippen LogP contribution in [-0.4, -0.2) is 147 Å². The molecular formula is C60H68N6O10S2. The van der Waals surface area contributed by atoms with Gasteiger partial charge in [0.2, 0.25) is 11.8 Å². The van der Waals surface area contributed by atoms with E-state index >= 15 is 0 Å². The van der Waals surface area contributed by atoms with Crippen molar-refractivity contribution in [1.29, 1.82) is 0 Å². The first-order valence-electron chi connectivity index (χ1n) is 26.4. The molecule has 0 fully saturated rings. The van der Waals surface area contributed by atoms with Crippen molar-refractivity contribution in [2.75, 3.05) is 106 Å². The molecule has 2 heterocycles. The molecule has 0 spiro atoms. The number of ether oxygens (including phenoxy) is 6. The van der Waals surface area contributed by atoms with Gasteiger partial charge in [0, 0.05) is 40.3 Å². The minimum atomic E-state index is -0.627. The summed E-state index contributed by atoms with van der Waals surface area (Å²) in [4.78, 5) is 68.7. The molecule has 2 unspecified atom stereocenters. The lowest BCUT2D eigenvalue weighted by molar-refractivity contribution is -0.131. The van der Waals surface area contributed by atoms with Crippen molar-refractivity contribution in [3.05, 3.63) is 165 Å². The number of aromatic nitrogens is 4. The average molecular weight is 1100 g/mol. The van der Waals surface area contributed by atoms with Gasteiger partial charge in [-0.1, -0.05) is 133 Å². The summed E-state index contributed by atoms with van der Waals surface area (Å²) in [7, 11) is 3.52. The molecule has 0 radical (unpaired) electrons. The van der Waals surface area contributed by atoms with E-state index in [9.17, 15) is 19.2 Å². The predicted molar refractivity (Wildman–Crippen MR) is 309 cm³/mol. The minimum absolute atomic E-state index is 0.116. The number of hydrogen-bond acceptors (Lipinski definition) is 14. The van der Waals surface area contributed by atoms with Gasteiger partial charge in [-0.25, -0.2) is 9.97 Å². The van der Waals surface area contributed by atoms with E-state index < -0.39 is 10.5 Å². The van der Waals surface area contributed by atoms with Crippen LogP contribution in [0.15, 0.2) is 153 Å². The summed E-state index contributed by atoms with van der Waals surface area (Å²) >= 11 is 2.58. The third-order valence-corrected chi connectivity index (χ3v) is 15.5. The molecule has 2 aromatic heterocycles. The fourth-order valence-electron chi connectivity index (χ4n) is 8.73. The van der Waals surface area contributed by atoms with Crippen molar-refractivity contribution < 1.29 is 38.0 Å². The Morgan fingerprint density at radius 2 is 0.744 bits per heavy atom. The maximum Gasteiger partial charge on any atom is 0.262 e. The van der Waals surface area contributed by atoms with Crippen molar-refractivity contribution in [3.63, 3.8) is 0 Å². The monoisotopic (exact) mass is 1100 g/mol. The van der Waals surface area contributed by atoms with E-state index in [1.807, 2.05) is 147 Å². The van der Waals surface area contributed by atoms with Gasteiger partial charge in [-0.15, -0.1) is 0 Å². The maximum absolute atomic E-state index is 14.0. The van der Waals surface area contributed by atoms with Gasteiger partial charge in [0.1, 0.15) is 10.5 Å². The first-order chi connectivity index (χ1) is 38.1. The number of hydrogen-bond donors (Lipinski definition) is 0. The summed E-state index contributed by atoms with van der Waals surface area (Å²) in [6, 6.07) is 42.6. The second kappa shape index (κ2) is 29.5. The van der Waals surface area contributed by atoms with Crippen LogP contribution in [0.4, 0.5) is 0 Å². The number of amides is 2. The standard InChI is InChI=1S/C60H68N6O10S2/c1-5-65-55(67)49-39-45-21-13-15-23-47(45)41-51(49)61-59(65)77-53(43-17-9-7-10-18-43)57(69)63(3)25-27-71-29-31-73-33-35-75-37-38-76-36-34-74-32-30-72-28-26-64(4)58(70)54(44-19-11-8-12-20-44)78-60-62-52-42-48-24-16-14-22-46(48)40-50(52)56(68)66(60)6-2/h7-24,39-42,53-54H,5-6,25-38H2,1-4H3. The first kappa shape index (κ1) is 57.7. The number of carbonyl (C=O) groups is 2. The Labute approximate surface area is 462 Å². The summed E-state index contributed by atoms with van der Waals surface area (Å²) in [6.45, 7) is 10.0. The number of carbonyl (C=O) groups excluding carboxylic acids is 2. The maximum atomic E-state index is 14.0. The highest BCUT2D eigenvalue weighted by molar-refractivity contribution is 8.00. The summed E-state index contributed by atoms with van der Waals surface area (Å²) in [5, 5.41) is 4.77. The Hall–Kier alpha value is -6.48. The lowest BCUT2D eigenvalue weighted by Gasteiger charge is -2.24. The molecule has 2 atom stereocenters. The summed E-state index contributed by atoms with van der Waals surface area (Å²) in [6.07, 6.45) is 0. The van der Waals surface area contributed by atoms with Crippen LogP contribution in [-0.2, 0) is 51.1 Å². The molecule has 0 aliphatic carbocycles. The van der Waals surface area contributed by atoms with Gasteiger partial charge in [-0.05, 0) is 70.8 Å².